The number of allylic oxidation sites excluding steroid dienone is 4. The SMILES string of the molecule is C=C(/C=C/O)CCC1=C(C)CCCC1(C)C. The van der Waals surface area contributed by atoms with Crippen molar-refractivity contribution in [2.45, 2.75) is 52.9 Å². The van der Waals surface area contributed by atoms with Crippen molar-refractivity contribution in [2.24, 2.45) is 5.41 Å². The summed E-state index contributed by atoms with van der Waals surface area (Å²) < 4.78 is 0. The molecular formula is C15H24O. The van der Waals surface area contributed by atoms with Crippen molar-refractivity contribution in [3.63, 3.8) is 0 Å². The summed E-state index contributed by atoms with van der Waals surface area (Å²) in [5.74, 6) is 0. The van der Waals surface area contributed by atoms with Crippen LogP contribution in [0.25, 0.3) is 0 Å². The van der Waals surface area contributed by atoms with Gasteiger partial charge in [-0.1, -0.05) is 37.1 Å². The lowest BCUT2D eigenvalue weighted by atomic mass is 9.71. The third kappa shape index (κ3) is 3.26. The molecule has 0 radical (unpaired) electrons. The highest BCUT2D eigenvalue weighted by atomic mass is 16.2. The van der Waals surface area contributed by atoms with E-state index in [-0.39, 0.29) is 0 Å². The van der Waals surface area contributed by atoms with Crippen LogP contribution in [0.1, 0.15) is 52.9 Å². The van der Waals surface area contributed by atoms with Crippen LogP contribution in [0.3, 0.4) is 0 Å². The molecule has 0 heterocycles. The summed E-state index contributed by atoms with van der Waals surface area (Å²) in [7, 11) is 0. The van der Waals surface area contributed by atoms with Gasteiger partial charge in [-0.05, 0) is 50.5 Å². The maximum absolute atomic E-state index is 8.67. The Hall–Kier alpha value is -0.980. The van der Waals surface area contributed by atoms with Crippen molar-refractivity contribution < 1.29 is 5.11 Å². The number of rotatable bonds is 4. The Bertz CT molecular complexity index is 318. The summed E-state index contributed by atoms with van der Waals surface area (Å²) in [6.45, 7) is 10.9. The molecule has 0 amide bonds. The molecule has 0 spiro atoms. The smallest absolute Gasteiger partial charge is 0.0794 e. The first-order valence-corrected chi connectivity index (χ1v) is 6.15. The van der Waals surface area contributed by atoms with E-state index in [0.29, 0.717) is 5.41 Å². The van der Waals surface area contributed by atoms with Gasteiger partial charge in [0.1, 0.15) is 0 Å². The first-order chi connectivity index (χ1) is 7.47. The van der Waals surface area contributed by atoms with Crippen LogP contribution >= 0.6 is 0 Å². The van der Waals surface area contributed by atoms with Crippen LogP contribution in [0.5, 0.6) is 0 Å². The zero-order valence-corrected chi connectivity index (χ0v) is 10.8. The first kappa shape index (κ1) is 13.1. The van der Waals surface area contributed by atoms with E-state index in [1.807, 2.05) is 0 Å². The van der Waals surface area contributed by atoms with Gasteiger partial charge >= 0.3 is 0 Å². The normalized spacial score (nSPS) is 20.4. The molecule has 0 saturated heterocycles. The molecule has 1 heteroatoms. The van der Waals surface area contributed by atoms with Gasteiger partial charge in [0.15, 0.2) is 0 Å². The zero-order chi connectivity index (χ0) is 12.2. The van der Waals surface area contributed by atoms with E-state index in [1.54, 1.807) is 17.2 Å². The molecule has 0 atom stereocenters. The van der Waals surface area contributed by atoms with Crippen LogP contribution in [-0.4, -0.2) is 5.11 Å². The van der Waals surface area contributed by atoms with Crippen molar-refractivity contribution in [1.82, 2.24) is 0 Å². The van der Waals surface area contributed by atoms with Crippen LogP contribution in [0.15, 0.2) is 35.6 Å². The fourth-order valence-electron chi connectivity index (χ4n) is 2.70. The molecule has 1 nitrogen and oxygen atoms in total. The second-order valence-electron chi connectivity index (χ2n) is 5.47. The molecule has 0 aliphatic heterocycles. The van der Waals surface area contributed by atoms with Crippen LogP contribution in [0.2, 0.25) is 0 Å². The highest BCUT2D eigenvalue weighted by Crippen LogP contribution is 2.42. The van der Waals surface area contributed by atoms with Crippen molar-refractivity contribution in [3.05, 3.63) is 35.6 Å². The van der Waals surface area contributed by atoms with Gasteiger partial charge in [0.25, 0.3) is 0 Å². The van der Waals surface area contributed by atoms with Crippen LogP contribution < -0.4 is 0 Å². The van der Waals surface area contributed by atoms with Gasteiger partial charge in [-0.2, -0.15) is 0 Å². The predicted octanol–water partition coefficient (Wildman–Crippen LogP) is 4.92. The molecule has 16 heavy (non-hydrogen) atoms. The lowest BCUT2D eigenvalue weighted by Crippen LogP contribution is -2.20. The molecule has 0 fully saturated rings. The Morgan fingerprint density at radius 1 is 1.50 bits per heavy atom. The average Bonchev–Trinajstić information content (AvgIpc) is 2.16. The Balaban J connectivity index is 2.67. The van der Waals surface area contributed by atoms with E-state index in [0.717, 1.165) is 24.7 Å². The fraction of sp³-hybridized carbons (Fsp3) is 0.600. The minimum Gasteiger partial charge on any atom is -0.516 e. The lowest BCUT2D eigenvalue weighted by molar-refractivity contribution is 0.354. The largest absolute Gasteiger partial charge is 0.516 e. The van der Waals surface area contributed by atoms with Crippen molar-refractivity contribution in [2.75, 3.05) is 0 Å². The Labute approximate surface area is 99.6 Å². The number of hydrogen-bond donors (Lipinski definition) is 1. The Morgan fingerprint density at radius 2 is 2.19 bits per heavy atom. The van der Waals surface area contributed by atoms with E-state index in [4.69, 9.17) is 5.11 Å². The third-order valence-corrected chi connectivity index (χ3v) is 3.69. The zero-order valence-electron chi connectivity index (χ0n) is 10.8. The second kappa shape index (κ2) is 5.38. The van der Waals surface area contributed by atoms with E-state index in [1.165, 1.54) is 19.3 Å². The summed E-state index contributed by atoms with van der Waals surface area (Å²) >= 11 is 0. The third-order valence-electron chi connectivity index (χ3n) is 3.69. The predicted molar refractivity (Wildman–Crippen MR) is 70.5 cm³/mol. The molecule has 0 aromatic rings. The van der Waals surface area contributed by atoms with E-state index in [9.17, 15) is 0 Å². The molecular weight excluding hydrogens is 196 g/mol. The number of aliphatic hydroxyl groups is 1. The topological polar surface area (TPSA) is 20.2 Å². The molecule has 1 aliphatic rings. The van der Waals surface area contributed by atoms with Gasteiger partial charge in [0, 0.05) is 0 Å². The maximum Gasteiger partial charge on any atom is 0.0794 e. The number of hydrogen-bond acceptors (Lipinski definition) is 1. The first-order valence-electron chi connectivity index (χ1n) is 6.15. The van der Waals surface area contributed by atoms with Crippen molar-refractivity contribution in [1.29, 1.82) is 0 Å². The highest BCUT2D eigenvalue weighted by molar-refractivity contribution is 5.24. The average molecular weight is 220 g/mol. The standard InChI is InChI=1S/C15H24O/c1-12(9-11-16)7-8-14-13(2)6-5-10-15(14,3)4/h9,11,16H,1,5-8,10H2,2-4H3/b11-9+. The monoisotopic (exact) mass is 220 g/mol. The van der Waals surface area contributed by atoms with Gasteiger partial charge in [-0.3, -0.25) is 0 Å². The van der Waals surface area contributed by atoms with Crippen LogP contribution in [0, 0.1) is 5.41 Å². The summed E-state index contributed by atoms with van der Waals surface area (Å²) in [5, 5.41) is 8.67. The van der Waals surface area contributed by atoms with Gasteiger partial charge in [-0.25, -0.2) is 0 Å². The molecule has 1 rings (SSSR count). The molecule has 90 valence electrons. The van der Waals surface area contributed by atoms with E-state index >= 15 is 0 Å². The van der Waals surface area contributed by atoms with Gasteiger partial charge < -0.3 is 5.11 Å². The highest BCUT2D eigenvalue weighted by Gasteiger charge is 2.27. The second-order valence-corrected chi connectivity index (χ2v) is 5.47. The number of aliphatic hydroxyl groups excluding tert-OH is 1. The van der Waals surface area contributed by atoms with Crippen LogP contribution in [-0.2, 0) is 0 Å². The molecule has 1 aliphatic carbocycles. The fourth-order valence-corrected chi connectivity index (χ4v) is 2.70. The molecule has 0 saturated carbocycles. The van der Waals surface area contributed by atoms with E-state index in [2.05, 4.69) is 27.4 Å². The maximum atomic E-state index is 8.67. The molecule has 1 N–H and O–H groups in total. The van der Waals surface area contributed by atoms with Crippen molar-refractivity contribution >= 4 is 0 Å². The Morgan fingerprint density at radius 3 is 2.75 bits per heavy atom. The minimum atomic E-state index is 0.353. The minimum absolute atomic E-state index is 0.353. The van der Waals surface area contributed by atoms with Gasteiger partial charge in [-0.15, -0.1) is 0 Å². The molecule has 0 aromatic carbocycles. The summed E-state index contributed by atoms with van der Waals surface area (Å²) in [6, 6.07) is 0. The molecule has 0 aromatic heterocycles. The van der Waals surface area contributed by atoms with Gasteiger partial charge in [0.05, 0.1) is 6.26 Å². The lowest BCUT2D eigenvalue weighted by Gasteiger charge is -2.34. The molecule has 0 bridgehead atoms. The van der Waals surface area contributed by atoms with Crippen molar-refractivity contribution in [3.8, 4) is 0 Å². The summed E-state index contributed by atoms with van der Waals surface area (Å²) in [4.78, 5) is 0. The van der Waals surface area contributed by atoms with E-state index < -0.39 is 0 Å². The summed E-state index contributed by atoms with van der Waals surface area (Å²) in [5.41, 5.74) is 4.53. The quantitative estimate of drug-likeness (QED) is 0.405. The van der Waals surface area contributed by atoms with Crippen LogP contribution in [0.4, 0.5) is 0 Å². The Kier molecular flexibility index (Phi) is 4.40. The van der Waals surface area contributed by atoms with Gasteiger partial charge in [0.2, 0.25) is 0 Å². The summed E-state index contributed by atoms with van der Waals surface area (Å²) in [6.07, 6.45) is 8.67. The molecule has 0 unspecified atom stereocenters.